The number of nitrogens with one attached hydrogen (secondary N) is 2. The van der Waals surface area contributed by atoms with Crippen molar-refractivity contribution in [3.8, 4) is 0 Å². The van der Waals surface area contributed by atoms with Crippen LogP contribution in [0.3, 0.4) is 0 Å². The lowest BCUT2D eigenvalue weighted by molar-refractivity contribution is -0.153. The molecule has 202 valence electrons. The zero-order valence-electron chi connectivity index (χ0n) is 21.7. The van der Waals surface area contributed by atoms with Crippen molar-refractivity contribution in [2.45, 2.75) is 59.5 Å². The molecule has 0 radical (unpaired) electrons. The van der Waals surface area contributed by atoms with Gasteiger partial charge in [0.05, 0.1) is 16.0 Å². The van der Waals surface area contributed by atoms with Gasteiger partial charge in [0.1, 0.15) is 5.82 Å². The lowest BCUT2D eigenvalue weighted by Gasteiger charge is -2.43. The monoisotopic (exact) mass is 545 g/mol. The summed E-state index contributed by atoms with van der Waals surface area (Å²) < 4.78 is 29.8. The highest BCUT2D eigenvalue weighted by atomic mass is 35.5. The number of anilines is 2. The average molecular weight is 546 g/mol. The average Bonchev–Trinajstić information content (AvgIpc) is 3.26. The Kier molecular flexibility index (Phi) is 7.85. The number of halogens is 3. The van der Waals surface area contributed by atoms with Crippen molar-refractivity contribution < 1.29 is 23.5 Å². The maximum absolute atomic E-state index is 15.3. The Labute approximate surface area is 224 Å². The Morgan fingerprint density at radius 1 is 1.29 bits per heavy atom. The number of aryl methyl sites for hydroxylation is 1. The van der Waals surface area contributed by atoms with E-state index in [0.29, 0.717) is 35.7 Å². The van der Waals surface area contributed by atoms with Gasteiger partial charge in [-0.05, 0) is 58.7 Å². The van der Waals surface area contributed by atoms with E-state index in [1.54, 1.807) is 32.0 Å². The molecule has 11 heteroatoms. The summed E-state index contributed by atoms with van der Waals surface area (Å²) >= 11 is 5.93. The number of hydrogen-bond acceptors (Lipinski definition) is 6. The smallest absolute Gasteiger partial charge is 0.310 e. The second-order valence-corrected chi connectivity index (χ2v) is 10.5. The van der Waals surface area contributed by atoms with Gasteiger partial charge in [-0.25, -0.2) is 13.8 Å². The van der Waals surface area contributed by atoms with E-state index in [1.165, 1.54) is 13.0 Å². The quantitative estimate of drug-likeness (QED) is 0.316. The number of carboxylic acids is 1. The van der Waals surface area contributed by atoms with Gasteiger partial charge in [-0.1, -0.05) is 23.7 Å². The Hall–Kier alpha value is -3.37. The fourth-order valence-electron chi connectivity index (χ4n) is 5.22. The molecule has 0 amide bonds. The SMILES string of the molecule is CC(=O)c1c(C)c(C[C@@]2(C(=O)O)CCN(Cc3cccc(Cl)c3F)[C@H](C)C2)nc(Nc2cc(C)[nH]n2)c1F. The summed E-state index contributed by atoms with van der Waals surface area (Å²) in [7, 11) is 0. The van der Waals surface area contributed by atoms with Crippen LogP contribution in [0.1, 0.15) is 59.6 Å². The molecule has 8 nitrogen and oxygen atoms in total. The van der Waals surface area contributed by atoms with E-state index >= 15 is 4.39 Å². The number of ketones is 1. The lowest BCUT2D eigenvalue weighted by atomic mass is 9.71. The first kappa shape index (κ1) is 27.7. The Balaban J connectivity index is 1.64. The Morgan fingerprint density at radius 3 is 2.63 bits per heavy atom. The molecule has 3 heterocycles. The Morgan fingerprint density at radius 2 is 2.03 bits per heavy atom. The van der Waals surface area contributed by atoms with Crippen LogP contribution in [0.25, 0.3) is 0 Å². The van der Waals surface area contributed by atoms with E-state index in [2.05, 4.69) is 20.5 Å². The van der Waals surface area contributed by atoms with E-state index < -0.39 is 28.8 Å². The number of Topliss-reactive ketones (excluding diaryl/α,β-unsaturated/α-hetero) is 1. The van der Waals surface area contributed by atoms with E-state index in [-0.39, 0.29) is 41.7 Å². The van der Waals surface area contributed by atoms with Gasteiger partial charge in [-0.2, -0.15) is 5.10 Å². The molecule has 0 saturated carbocycles. The van der Waals surface area contributed by atoms with Crippen molar-refractivity contribution in [2.24, 2.45) is 5.41 Å². The third kappa shape index (κ3) is 5.42. The topological polar surface area (TPSA) is 111 Å². The highest BCUT2D eigenvalue weighted by Crippen LogP contribution is 2.40. The highest BCUT2D eigenvalue weighted by molar-refractivity contribution is 6.30. The fourth-order valence-corrected chi connectivity index (χ4v) is 5.42. The summed E-state index contributed by atoms with van der Waals surface area (Å²) in [4.78, 5) is 31.5. The van der Waals surface area contributed by atoms with Crippen LogP contribution in [0.2, 0.25) is 5.02 Å². The maximum Gasteiger partial charge on any atom is 0.310 e. The van der Waals surface area contributed by atoms with Crippen molar-refractivity contribution in [3.05, 3.63) is 69.0 Å². The molecule has 0 aliphatic carbocycles. The van der Waals surface area contributed by atoms with Crippen LogP contribution >= 0.6 is 11.6 Å². The van der Waals surface area contributed by atoms with Gasteiger partial charge >= 0.3 is 5.97 Å². The van der Waals surface area contributed by atoms with Gasteiger partial charge < -0.3 is 10.4 Å². The van der Waals surface area contributed by atoms with E-state index in [0.717, 1.165) is 5.69 Å². The zero-order valence-corrected chi connectivity index (χ0v) is 22.4. The number of nitrogens with zero attached hydrogens (tertiary/aromatic N) is 3. The molecule has 1 aliphatic rings. The van der Waals surface area contributed by atoms with E-state index in [9.17, 15) is 19.1 Å². The minimum absolute atomic E-state index is 0.00665. The van der Waals surface area contributed by atoms with Crippen LogP contribution in [0.15, 0.2) is 24.3 Å². The molecule has 3 N–H and O–H groups in total. The standard InChI is InChI=1S/C27H30ClF2N5O3/c1-14-10-21(34-33-14)32-25-24(30)22(17(4)36)16(3)20(31-25)12-27(26(37)38)8-9-35(15(2)11-27)13-18-6-5-7-19(28)23(18)29/h5-7,10,15H,8-9,11-13H2,1-4H3,(H,37,38)(H2,31,32,33,34)/t15-,27-/m1/s1. The van der Waals surface area contributed by atoms with Crippen LogP contribution in [-0.2, 0) is 17.8 Å². The number of aromatic amines is 1. The summed E-state index contributed by atoms with van der Waals surface area (Å²) in [6.45, 7) is 7.23. The number of benzene rings is 1. The molecule has 0 bridgehead atoms. The first-order valence-corrected chi connectivity index (χ1v) is 12.7. The summed E-state index contributed by atoms with van der Waals surface area (Å²) in [6.07, 6.45) is 0.538. The number of rotatable bonds is 8. The fraction of sp³-hybridized carbons (Fsp3) is 0.407. The molecule has 1 aromatic carbocycles. The summed E-state index contributed by atoms with van der Waals surface area (Å²) in [5.74, 6) is -2.64. The molecular formula is C27H30ClF2N5O3. The first-order chi connectivity index (χ1) is 17.9. The van der Waals surface area contributed by atoms with Crippen LogP contribution in [-0.4, -0.2) is 49.5 Å². The predicted octanol–water partition coefficient (Wildman–Crippen LogP) is 5.60. The van der Waals surface area contributed by atoms with E-state index in [1.807, 2.05) is 11.8 Å². The van der Waals surface area contributed by atoms with Gasteiger partial charge in [0.15, 0.2) is 23.2 Å². The number of hydrogen-bond donors (Lipinski definition) is 3. The second kappa shape index (κ2) is 10.8. The molecule has 1 saturated heterocycles. The number of aliphatic carboxylic acids is 1. The van der Waals surface area contributed by atoms with Crippen molar-refractivity contribution in [2.75, 3.05) is 11.9 Å². The number of likely N-dealkylation sites (tertiary alicyclic amines) is 1. The molecule has 2 atom stereocenters. The van der Waals surface area contributed by atoms with Crippen LogP contribution in [0.4, 0.5) is 20.4 Å². The van der Waals surface area contributed by atoms with Crippen LogP contribution < -0.4 is 5.32 Å². The third-order valence-electron chi connectivity index (χ3n) is 7.34. The zero-order chi connectivity index (χ0) is 27.8. The molecule has 4 rings (SSSR count). The van der Waals surface area contributed by atoms with Gasteiger partial charge in [-0.15, -0.1) is 0 Å². The Bertz CT molecular complexity index is 1400. The molecule has 1 aliphatic heterocycles. The molecule has 38 heavy (non-hydrogen) atoms. The number of piperidine rings is 1. The van der Waals surface area contributed by atoms with Gasteiger partial charge in [0.2, 0.25) is 0 Å². The maximum atomic E-state index is 15.3. The number of carboxylic acid groups (broad SMARTS) is 1. The number of H-pyrrole nitrogens is 1. The van der Waals surface area contributed by atoms with Gasteiger partial charge in [0.25, 0.3) is 0 Å². The lowest BCUT2D eigenvalue weighted by Crippen LogP contribution is -2.50. The minimum Gasteiger partial charge on any atom is -0.481 e. The van der Waals surface area contributed by atoms with Gasteiger partial charge in [-0.3, -0.25) is 19.6 Å². The molecule has 0 spiro atoms. The summed E-state index contributed by atoms with van der Waals surface area (Å²) in [5.41, 5.74) is 0.499. The van der Waals surface area contributed by atoms with Gasteiger partial charge in [0, 0.05) is 42.0 Å². The number of aromatic nitrogens is 3. The summed E-state index contributed by atoms with van der Waals surface area (Å²) in [6, 6.07) is 6.29. The molecular weight excluding hydrogens is 516 g/mol. The third-order valence-corrected chi connectivity index (χ3v) is 7.63. The molecule has 1 fully saturated rings. The van der Waals surface area contributed by atoms with E-state index in [4.69, 9.17) is 11.6 Å². The molecule has 3 aromatic rings. The first-order valence-electron chi connectivity index (χ1n) is 12.3. The largest absolute Gasteiger partial charge is 0.481 e. The highest BCUT2D eigenvalue weighted by Gasteiger charge is 2.45. The van der Waals surface area contributed by atoms with Crippen molar-refractivity contribution in [1.29, 1.82) is 0 Å². The molecule has 2 aromatic heterocycles. The normalized spacial score (nSPS) is 19.9. The summed E-state index contributed by atoms with van der Waals surface area (Å²) in [5, 5.41) is 20.0. The predicted molar refractivity (Wildman–Crippen MR) is 140 cm³/mol. The molecule has 0 unspecified atom stereocenters. The minimum atomic E-state index is -1.20. The van der Waals surface area contributed by atoms with Crippen molar-refractivity contribution in [3.63, 3.8) is 0 Å². The van der Waals surface area contributed by atoms with Crippen molar-refractivity contribution in [1.82, 2.24) is 20.1 Å². The van der Waals surface area contributed by atoms with Crippen LogP contribution in [0.5, 0.6) is 0 Å². The van der Waals surface area contributed by atoms with Crippen molar-refractivity contribution >= 4 is 35.0 Å². The second-order valence-electron chi connectivity index (χ2n) is 10.1. The number of pyridine rings is 1. The van der Waals surface area contributed by atoms with Crippen LogP contribution in [0, 0.1) is 30.9 Å². The number of carbonyl (C=O) groups is 2. The number of carbonyl (C=O) groups excluding carboxylic acids is 1.